The number of thiophene rings is 1. The Labute approximate surface area is 123 Å². The molecule has 0 amide bonds. The Balaban J connectivity index is 2.06. The number of nitrogens with two attached hydrogens (primary N) is 1. The highest BCUT2D eigenvalue weighted by atomic mass is 32.1. The summed E-state index contributed by atoms with van der Waals surface area (Å²) < 4.78 is 1.15. The van der Waals surface area contributed by atoms with Crippen LogP contribution in [0.4, 0.5) is 23.1 Å². The zero-order valence-electron chi connectivity index (χ0n) is 11.0. The van der Waals surface area contributed by atoms with Gasteiger partial charge in [0.15, 0.2) is 0 Å². The van der Waals surface area contributed by atoms with E-state index >= 15 is 0 Å². The van der Waals surface area contributed by atoms with Crippen LogP contribution in [0.2, 0.25) is 0 Å². The van der Waals surface area contributed by atoms with E-state index < -0.39 is 4.92 Å². The fraction of sp³-hybridized carbons (Fsp3) is 0.0769. The van der Waals surface area contributed by atoms with Crippen molar-refractivity contribution in [1.29, 1.82) is 0 Å². The standard InChI is InChI=1S/C13H11N5O2S/c1-7-11(18(19)20)12(17-13(14)15-7)16-9-2-3-10-8(6-9)4-5-21-10/h2-6H,1H3,(H3,14,15,16,17). The van der Waals surface area contributed by atoms with Gasteiger partial charge in [-0.2, -0.15) is 4.98 Å². The quantitative estimate of drug-likeness (QED) is 0.568. The largest absolute Gasteiger partial charge is 0.368 e. The molecule has 7 nitrogen and oxygen atoms in total. The van der Waals surface area contributed by atoms with E-state index in [9.17, 15) is 10.1 Å². The first-order chi connectivity index (χ1) is 10.0. The maximum absolute atomic E-state index is 11.2. The number of aromatic nitrogens is 2. The molecule has 3 aromatic rings. The second-order valence-electron chi connectivity index (χ2n) is 4.42. The zero-order valence-corrected chi connectivity index (χ0v) is 11.8. The normalized spacial score (nSPS) is 10.7. The van der Waals surface area contributed by atoms with Gasteiger partial charge < -0.3 is 11.1 Å². The van der Waals surface area contributed by atoms with Crippen molar-refractivity contribution in [2.24, 2.45) is 0 Å². The summed E-state index contributed by atoms with van der Waals surface area (Å²) in [5, 5.41) is 17.2. The van der Waals surface area contributed by atoms with Crippen LogP contribution in [-0.2, 0) is 0 Å². The van der Waals surface area contributed by atoms with Crippen LogP contribution in [0.5, 0.6) is 0 Å². The van der Waals surface area contributed by atoms with E-state index in [4.69, 9.17) is 5.73 Å². The van der Waals surface area contributed by atoms with Gasteiger partial charge in [0.2, 0.25) is 11.8 Å². The molecule has 0 spiro atoms. The Morgan fingerprint density at radius 2 is 2.14 bits per heavy atom. The van der Waals surface area contributed by atoms with Crippen molar-refractivity contribution in [3.05, 3.63) is 45.5 Å². The molecule has 0 aliphatic heterocycles. The first-order valence-electron chi connectivity index (χ1n) is 6.07. The average Bonchev–Trinajstić information content (AvgIpc) is 2.84. The number of rotatable bonds is 3. The van der Waals surface area contributed by atoms with E-state index in [2.05, 4.69) is 15.3 Å². The highest BCUT2D eigenvalue weighted by Gasteiger charge is 2.21. The number of nitrogens with one attached hydrogen (secondary N) is 1. The SMILES string of the molecule is Cc1nc(N)nc(Nc2ccc3sccc3c2)c1[N+](=O)[O-]. The maximum Gasteiger partial charge on any atom is 0.332 e. The van der Waals surface area contributed by atoms with Crippen LogP contribution in [0, 0.1) is 17.0 Å². The molecule has 0 aliphatic carbocycles. The molecule has 106 valence electrons. The first kappa shape index (κ1) is 13.3. The minimum atomic E-state index is -0.514. The lowest BCUT2D eigenvalue weighted by molar-refractivity contribution is -0.385. The van der Waals surface area contributed by atoms with Gasteiger partial charge in [0.25, 0.3) is 0 Å². The third-order valence-corrected chi connectivity index (χ3v) is 3.87. The van der Waals surface area contributed by atoms with Crippen LogP contribution < -0.4 is 11.1 Å². The van der Waals surface area contributed by atoms with Crippen molar-refractivity contribution in [3.63, 3.8) is 0 Å². The predicted octanol–water partition coefficient (Wildman–Crippen LogP) is 3.23. The number of fused-ring (bicyclic) bond motifs is 1. The van der Waals surface area contributed by atoms with E-state index in [0.717, 1.165) is 10.1 Å². The molecule has 0 fully saturated rings. The Bertz CT molecular complexity index is 846. The lowest BCUT2D eigenvalue weighted by atomic mass is 10.2. The molecular formula is C13H11N5O2S. The Morgan fingerprint density at radius 3 is 2.90 bits per heavy atom. The van der Waals surface area contributed by atoms with Crippen molar-refractivity contribution in [1.82, 2.24) is 9.97 Å². The van der Waals surface area contributed by atoms with Gasteiger partial charge in [-0.25, -0.2) is 4.98 Å². The molecule has 0 atom stereocenters. The number of nitro groups is 1. The Kier molecular flexibility index (Phi) is 3.15. The minimum absolute atomic E-state index is 0.00258. The molecule has 2 heterocycles. The minimum Gasteiger partial charge on any atom is -0.368 e. The molecule has 0 aliphatic rings. The molecule has 1 aromatic carbocycles. The third kappa shape index (κ3) is 2.48. The number of anilines is 3. The van der Waals surface area contributed by atoms with E-state index in [0.29, 0.717) is 5.69 Å². The van der Waals surface area contributed by atoms with E-state index in [1.54, 1.807) is 11.3 Å². The van der Waals surface area contributed by atoms with Crippen molar-refractivity contribution in [3.8, 4) is 0 Å². The molecule has 0 unspecified atom stereocenters. The smallest absolute Gasteiger partial charge is 0.332 e. The monoisotopic (exact) mass is 301 g/mol. The molecule has 0 saturated carbocycles. The number of nitrogen functional groups attached to an aromatic ring is 1. The average molecular weight is 301 g/mol. The van der Waals surface area contributed by atoms with Crippen molar-refractivity contribution in [2.45, 2.75) is 6.92 Å². The molecular weight excluding hydrogens is 290 g/mol. The van der Waals surface area contributed by atoms with Gasteiger partial charge in [0, 0.05) is 10.4 Å². The summed E-state index contributed by atoms with van der Waals surface area (Å²) in [5.41, 5.74) is 6.34. The highest BCUT2D eigenvalue weighted by molar-refractivity contribution is 7.17. The van der Waals surface area contributed by atoms with Gasteiger partial charge in [0.05, 0.1) is 4.92 Å². The van der Waals surface area contributed by atoms with Crippen LogP contribution in [-0.4, -0.2) is 14.9 Å². The van der Waals surface area contributed by atoms with E-state index in [-0.39, 0.29) is 23.1 Å². The van der Waals surface area contributed by atoms with Crippen molar-refractivity contribution >= 4 is 44.6 Å². The van der Waals surface area contributed by atoms with Gasteiger partial charge >= 0.3 is 5.69 Å². The van der Waals surface area contributed by atoms with Gasteiger partial charge in [-0.15, -0.1) is 11.3 Å². The summed E-state index contributed by atoms with van der Waals surface area (Å²) in [6.45, 7) is 1.53. The van der Waals surface area contributed by atoms with E-state index in [1.165, 1.54) is 6.92 Å². The number of aryl methyl sites for hydroxylation is 1. The van der Waals surface area contributed by atoms with Crippen molar-refractivity contribution in [2.75, 3.05) is 11.1 Å². The van der Waals surface area contributed by atoms with Gasteiger partial charge in [-0.1, -0.05) is 0 Å². The number of nitrogens with zero attached hydrogens (tertiary/aromatic N) is 3. The predicted molar refractivity (Wildman–Crippen MR) is 82.9 cm³/mol. The number of hydrogen-bond acceptors (Lipinski definition) is 7. The molecule has 0 radical (unpaired) electrons. The van der Waals surface area contributed by atoms with Crippen LogP contribution >= 0.6 is 11.3 Å². The zero-order chi connectivity index (χ0) is 15.0. The van der Waals surface area contributed by atoms with Gasteiger partial charge in [-0.05, 0) is 42.0 Å². The van der Waals surface area contributed by atoms with E-state index in [1.807, 2.05) is 29.6 Å². The summed E-state index contributed by atoms with van der Waals surface area (Å²) in [6, 6.07) is 7.68. The first-order valence-corrected chi connectivity index (χ1v) is 6.95. The highest BCUT2D eigenvalue weighted by Crippen LogP contribution is 2.30. The van der Waals surface area contributed by atoms with Crippen LogP contribution in [0.3, 0.4) is 0 Å². The Morgan fingerprint density at radius 1 is 1.33 bits per heavy atom. The molecule has 0 saturated heterocycles. The molecule has 2 aromatic heterocycles. The number of benzene rings is 1. The Hall–Kier alpha value is -2.74. The summed E-state index contributed by atoms with van der Waals surface area (Å²) in [5.74, 6) is 0.0943. The summed E-state index contributed by atoms with van der Waals surface area (Å²) in [7, 11) is 0. The second-order valence-corrected chi connectivity index (χ2v) is 5.37. The molecule has 3 rings (SSSR count). The maximum atomic E-state index is 11.2. The lowest BCUT2D eigenvalue weighted by Gasteiger charge is -2.08. The number of hydrogen-bond donors (Lipinski definition) is 2. The van der Waals surface area contributed by atoms with Crippen LogP contribution in [0.1, 0.15) is 5.69 Å². The fourth-order valence-corrected chi connectivity index (χ4v) is 2.85. The summed E-state index contributed by atoms with van der Waals surface area (Å²) in [6.07, 6.45) is 0. The topological polar surface area (TPSA) is 107 Å². The lowest BCUT2D eigenvalue weighted by Crippen LogP contribution is -2.06. The van der Waals surface area contributed by atoms with Crippen LogP contribution in [0.15, 0.2) is 29.6 Å². The fourth-order valence-electron chi connectivity index (χ4n) is 2.08. The van der Waals surface area contributed by atoms with Crippen LogP contribution in [0.25, 0.3) is 10.1 Å². The van der Waals surface area contributed by atoms with Crippen molar-refractivity contribution < 1.29 is 4.92 Å². The van der Waals surface area contributed by atoms with Gasteiger partial charge in [-0.3, -0.25) is 10.1 Å². The summed E-state index contributed by atoms with van der Waals surface area (Å²) >= 11 is 1.63. The second kappa shape index (κ2) is 4.98. The van der Waals surface area contributed by atoms with Gasteiger partial charge in [0.1, 0.15) is 5.69 Å². The third-order valence-electron chi connectivity index (χ3n) is 2.97. The molecule has 8 heteroatoms. The molecule has 3 N–H and O–H groups in total. The summed E-state index contributed by atoms with van der Waals surface area (Å²) in [4.78, 5) is 18.4. The molecule has 0 bridgehead atoms. The molecule has 21 heavy (non-hydrogen) atoms.